The number of hydrogen-bond acceptors (Lipinski definition) is 5. The van der Waals surface area contributed by atoms with E-state index in [-0.39, 0.29) is 11.1 Å². The summed E-state index contributed by atoms with van der Waals surface area (Å²) in [5.74, 6) is -1.17. The van der Waals surface area contributed by atoms with Gasteiger partial charge in [-0.1, -0.05) is 30.3 Å². The molecule has 0 bridgehead atoms. The van der Waals surface area contributed by atoms with Crippen LogP contribution in [0.5, 0.6) is 0 Å². The number of rotatable bonds is 3. The van der Waals surface area contributed by atoms with Gasteiger partial charge < -0.3 is 9.47 Å². The highest BCUT2D eigenvalue weighted by molar-refractivity contribution is 6.31. The van der Waals surface area contributed by atoms with Crippen molar-refractivity contribution >= 4 is 17.7 Å². The van der Waals surface area contributed by atoms with Crippen molar-refractivity contribution in [3.8, 4) is 0 Å². The summed E-state index contributed by atoms with van der Waals surface area (Å²) in [4.78, 5) is 28.8. The molecule has 1 aromatic rings. The van der Waals surface area contributed by atoms with E-state index in [1.165, 1.54) is 14.2 Å². The summed E-state index contributed by atoms with van der Waals surface area (Å²) in [6, 6.07) is 9.22. The summed E-state index contributed by atoms with van der Waals surface area (Å²) in [5.41, 5.74) is 0.746. The Morgan fingerprint density at radius 3 is 2.10 bits per heavy atom. The van der Waals surface area contributed by atoms with Gasteiger partial charge >= 0.3 is 11.9 Å². The molecule has 1 heterocycles. The van der Waals surface area contributed by atoms with Gasteiger partial charge in [-0.25, -0.2) is 9.59 Å². The van der Waals surface area contributed by atoms with Crippen LogP contribution in [0.25, 0.3) is 0 Å². The van der Waals surface area contributed by atoms with Crippen LogP contribution in [0.15, 0.2) is 46.5 Å². The summed E-state index contributed by atoms with van der Waals surface area (Å²) in [6.07, 6.45) is 0. The molecular weight excluding hydrogens is 270 g/mol. The number of nitrogens with zero attached hydrogens (tertiary/aromatic N) is 1. The van der Waals surface area contributed by atoms with Crippen LogP contribution in [0.4, 0.5) is 0 Å². The van der Waals surface area contributed by atoms with Gasteiger partial charge in [-0.05, 0) is 13.8 Å². The molecular formula is C16H17NO4. The predicted molar refractivity (Wildman–Crippen MR) is 78.1 cm³/mol. The van der Waals surface area contributed by atoms with E-state index < -0.39 is 17.5 Å². The summed E-state index contributed by atoms with van der Waals surface area (Å²) < 4.78 is 9.62. The Morgan fingerprint density at radius 2 is 1.57 bits per heavy atom. The fourth-order valence-corrected chi connectivity index (χ4v) is 2.38. The molecule has 0 spiro atoms. The number of aliphatic imine (C=N–C) groups is 1. The van der Waals surface area contributed by atoms with E-state index in [9.17, 15) is 9.59 Å². The van der Waals surface area contributed by atoms with Crippen LogP contribution in [-0.2, 0) is 19.1 Å². The zero-order valence-electron chi connectivity index (χ0n) is 12.5. The van der Waals surface area contributed by atoms with Crippen molar-refractivity contribution in [2.45, 2.75) is 19.4 Å². The van der Waals surface area contributed by atoms with Crippen LogP contribution in [0.3, 0.4) is 0 Å². The van der Waals surface area contributed by atoms with Crippen LogP contribution in [-0.4, -0.2) is 37.4 Å². The van der Waals surface area contributed by atoms with Gasteiger partial charge in [0, 0.05) is 5.56 Å². The van der Waals surface area contributed by atoms with E-state index in [1.807, 2.05) is 30.3 Å². The average molecular weight is 287 g/mol. The SMILES string of the molecule is COC(=O)C1=C(C(=O)OC)C(C)(C)N=C1c1ccccc1. The second-order valence-electron chi connectivity index (χ2n) is 5.12. The van der Waals surface area contributed by atoms with Crippen molar-refractivity contribution in [3.05, 3.63) is 47.0 Å². The first-order valence-corrected chi connectivity index (χ1v) is 6.49. The lowest BCUT2D eigenvalue weighted by Gasteiger charge is -2.17. The van der Waals surface area contributed by atoms with E-state index in [0.29, 0.717) is 5.71 Å². The first-order valence-electron chi connectivity index (χ1n) is 6.49. The third-order valence-corrected chi connectivity index (χ3v) is 3.32. The van der Waals surface area contributed by atoms with Gasteiger partial charge in [0.25, 0.3) is 0 Å². The Kier molecular flexibility index (Phi) is 3.93. The molecule has 2 rings (SSSR count). The third kappa shape index (κ3) is 2.59. The van der Waals surface area contributed by atoms with Crippen LogP contribution < -0.4 is 0 Å². The lowest BCUT2D eigenvalue weighted by Crippen LogP contribution is -2.26. The van der Waals surface area contributed by atoms with Gasteiger partial charge in [-0.2, -0.15) is 0 Å². The number of methoxy groups -OCH3 is 2. The Balaban J connectivity index is 2.68. The number of carbonyl (C=O) groups is 2. The first kappa shape index (κ1) is 15.0. The second kappa shape index (κ2) is 5.52. The Bertz CT molecular complexity index is 642. The van der Waals surface area contributed by atoms with Crippen LogP contribution >= 0.6 is 0 Å². The monoisotopic (exact) mass is 287 g/mol. The summed E-state index contributed by atoms with van der Waals surface area (Å²) >= 11 is 0. The van der Waals surface area contributed by atoms with Crippen molar-refractivity contribution in [1.82, 2.24) is 0 Å². The minimum absolute atomic E-state index is 0.167. The molecule has 21 heavy (non-hydrogen) atoms. The van der Waals surface area contributed by atoms with Gasteiger partial charge in [0.05, 0.1) is 36.6 Å². The van der Waals surface area contributed by atoms with Crippen molar-refractivity contribution in [3.63, 3.8) is 0 Å². The zero-order valence-corrected chi connectivity index (χ0v) is 12.5. The Morgan fingerprint density at radius 1 is 1.00 bits per heavy atom. The molecule has 1 aromatic carbocycles. The Hall–Kier alpha value is -2.43. The van der Waals surface area contributed by atoms with Crippen LogP contribution in [0, 0.1) is 0 Å². The molecule has 0 amide bonds. The van der Waals surface area contributed by atoms with E-state index >= 15 is 0 Å². The smallest absolute Gasteiger partial charge is 0.340 e. The molecule has 0 saturated heterocycles. The quantitative estimate of drug-likeness (QED) is 0.797. The number of esters is 2. The zero-order chi connectivity index (χ0) is 15.6. The molecule has 0 saturated carbocycles. The summed E-state index contributed by atoms with van der Waals surface area (Å²) in [7, 11) is 2.55. The average Bonchev–Trinajstić information content (AvgIpc) is 2.78. The van der Waals surface area contributed by atoms with Crippen molar-refractivity contribution < 1.29 is 19.1 Å². The molecule has 5 heteroatoms. The van der Waals surface area contributed by atoms with Crippen molar-refractivity contribution in [2.75, 3.05) is 14.2 Å². The first-order chi connectivity index (χ1) is 9.92. The van der Waals surface area contributed by atoms with Crippen LogP contribution in [0.2, 0.25) is 0 Å². The van der Waals surface area contributed by atoms with E-state index in [4.69, 9.17) is 9.47 Å². The van der Waals surface area contributed by atoms with Gasteiger partial charge in [0.2, 0.25) is 0 Å². The molecule has 0 fully saturated rings. The van der Waals surface area contributed by atoms with Gasteiger partial charge in [-0.3, -0.25) is 4.99 Å². The molecule has 1 aliphatic heterocycles. The maximum atomic E-state index is 12.1. The van der Waals surface area contributed by atoms with E-state index in [0.717, 1.165) is 5.56 Å². The van der Waals surface area contributed by atoms with Gasteiger partial charge in [0.1, 0.15) is 0 Å². The minimum atomic E-state index is -0.845. The van der Waals surface area contributed by atoms with Crippen LogP contribution in [0.1, 0.15) is 19.4 Å². The number of ether oxygens (including phenoxy) is 2. The molecule has 5 nitrogen and oxygen atoms in total. The number of benzene rings is 1. The maximum absolute atomic E-state index is 12.1. The predicted octanol–water partition coefficient (Wildman–Crippen LogP) is 1.91. The topological polar surface area (TPSA) is 65.0 Å². The third-order valence-electron chi connectivity index (χ3n) is 3.32. The molecule has 0 atom stereocenters. The standard InChI is InChI=1S/C16H17NO4/c1-16(2)12(15(19)21-4)11(14(18)20-3)13(17-16)10-8-6-5-7-9-10/h5-9H,1-4H3. The molecule has 0 unspecified atom stereocenters. The Labute approximate surface area is 123 Å². The van der Waals surface area contributed by atoms with Crippen molar-refractivity contribution in [1.29, 1.82) is 0 Å². The highest BCUT2D eigenvalue weighted by Gasteiger charge is 2.42. The van der Waals surface area contributed by atoms with Gasteiger partial charge in [0.15, 0.2) is 0 Å². The highest BCUT2D eigenvalue weighted by atomic mass is 16.5. The molecule has 0 N–H and O–H groups in total. The van der Waals surface area contributed by atoms with E-state index in [2.05, 4.69) is 4.99 Å². The number of carbonyl (C=O) groups excluding carboxylic acids is 2. The minimum Gasteiger partial charge on any atom is -0.466 e. The largest absolute Gasteiger partial charge is 0.466 e. The molecule has 1 aliphatic rings. The molecule has 0 radical (unpaired) electrons. The molecule has 110 valence electrons. The van der Waals surface area contributed by atoms with Crippen molar-refractivity contribution in [2.24, 2.45) is 4.99 Å². The fourth-order valence-electron chi connectivity index (χ4n) is 2.38. The molecule has 0 aromatic heterocycles. The summed E-state index contributed by atoms with van der Waals surface area (Å²) in [5, 5.41) is 0. The lowest BCUT2D eigenvalue weighted by molar-refractivity contribution is -0.139. The summed E-state index contributed by atoms with van der Waals surface area (Å²) in [6.45, 7) is 3.52. The number of hydrogen-bond donors (Lipinski definition) is 0. The lowest BCUT2D eigenvalue weighted by atomic mass is 9.91. The molecule has 0 aliphatic carbocycles. The van der Waals surface area contributed by atoms with E-state index in [1.54, 1.807) is 13.8 Å². The second-order valence-corrected chi connectivity index (χ2v) is 5.12. The highest BCUT2D eigenvalue weighted by Crippen LogP contribution is 2.35. The fraction of sp³-hybridized carbons (Fsp3) is 0.312. The van der Waals surface area contributed by atoms with Gasteiger partial charge in [-0.15, -0.1) is 0 Å². The maximum Gasteiger partial charge on any atom is 0.340 e. The normalized spacial score (nSPS) is 16.5.